The molecule has 4 rings (SSSR count). The Morgan fingerprint density at radius 2 is 0.667 bits per heavy atom. The van der Waals surface area contributed by atoms with E-state index in [-0.39, 0.29) is 41.2 Å². The van der Waals surface area contributed by atoms with Crippen LogP contribution in [0.1, 0.15) is 55.4 Å². The molecule has 0 spiro atoms. The van der Waals surface area contributed by atoms with E-state index in [1.807, 2.05) is 128 Å². The third-order valence-corrected chi connectivity index (χ3v) is 5.78. The fourth-order valence-electron chi connectivity index (χ4n) is 3.31. The summed E-state index contributed by atoms with van der Waals surface area (Å²) in [5, 5.41) is 0. The number of rotatable bonds is 0. The molecule has 4 aliphatic heterocycles. The molecule has 0 bridgehead atoms. The number of hydrogen-bond acceptors (Lipinski definition) is 8. The van der Waals surface area contributed by atoms with Gasteiger partial charge in [0, 0.05) is 118 Å². The first-order valence-corrected chi connectivity index (χ1v) is 14.1. The van der Waals surface area contributed by atoms with Crippen LogP contribution in [0.25, 0.3) is 0 Å². The third kappa shape index (κ3) is 17.0. The Kier molecular flexibility index (Phi) is 19.6. The summed E-state index contributed by atoms with van der Waals surface area (Å²) >= 11 is 0. The maximum atomic E-state index is 10.9. The standard InChI is InChI=1S/4C7H10NO.ClH3O4.Mn/c4*1-6-4-3-5-7(2)8(6)9;2-1(3,4)5;/h4*3-6H,1-2H3;2-4H;/q4*+1;;+2. The van der Waals surface area contributed by atoms with Crippen molar-refractivity contribution in [3.8, 4) is 0 Å². The summed E-state index contributed by atoms with van der Waals surface area (Å²) in [4.78, 5) is 43.7. The average molecular weight is 654 g/mol. The minimum atomic E-state index is -4.19. The molecule has 4 atom stereocenters. The van der Waals surface area contributed by atoms with Gasteiger partial charge in [0.2, 0.25) is 47.0 Å². The predicted octanol–water partition coefficient (Wildman–Crippen LogP) is 3.65. The Morgan fingerprint density at radius 1 is 0.524 bits per heavy atom. The first kappa shape index (κ1) is 41.1. The van der Waals surface area contributed by atoms with Crippen LogP contribution in [0.4, 0.5) is 0 Å². The molecule has 0 saturated carbocycles. The molecule has 0 amide bonds. The van der Waals surface area contributed by atoms with Gasteiger partial charge in [-0.25, -0.2) is 0 Å². The van der Waals surface area contributed by atoms with Crippen LogP contribution >= 0.6 is 0 Å². The normalized spacial score (nSPS) is 24.3. The van der Waals surface area contributed by atoms with Gasteiger partial charge in [-0.1, -0.05) is 24.3 Å². The second kappa shape index (κ2) is 20.0. The predicted molar refractivity (Wildman–Crippen MR) is 151 cm³/mol. The molecular weight excluding hydrogens is 611 g/mol. The van der Waals surface area contributed by atoms with Crippen molar-refractivity contribution in [3.05, 3.63) is 115 Å². The van der Waals surface area contributed by atoms with Gasteiger partial charge < -0.3 is 0 Å². The number of nitroso groups, excluding NO2 is 4. The molecule has 12 nitrogen and oxygen atoms in total. The van der Waals surface area contributed by atoms with Crippen molar-refractivity contribution in [1.82, 2.24) is 0 Å². The van der Waals surface area contributed by atoms with Crippen molar-refractivity contribution in [3.63, 3.8) is 0 Å². The Morgan fingerprint density at radius 3 is 0.762 bits per heavy atom. The van der Waals surface area contributed by atoms with Gasteiger partial charge in [-0.05, 0) is 24.3 Å². The van der Waals surface area contributed by atoms with Gasteiger partial charge in [-0.15, -0.1) is 0 Å². The monoisotopic (exact) mass is 653 g/mol. The zero-order valence-corrected chi connectivity index (χ0v) is 27.1. The molecule has 0 aliphatic carbocycles. The molecule has 231 valence electrons. The van der Waals surface area contributed by atoms with Gasteiger partial charge in [0.25, 0.3) is 0 Å². The van der Waals surface area contributed by atoms with E-state index in [1.54, 1.807) is 0 Å². The summed E-state index contributed by atoms with van der Waals surface area (Å²) in [6.45, 7) is 14.8. The molecule has 42 heavy (non-hydrogen) atoms. The van der Waals surface area contributed by atoms with E-state index >= 15 is 0 Å². The fraction of sp³-hybridized carbons (Fsp3) is 0.429. The zero-order chi connectivity index (χ0) is 31.9. The van der Waals surface area contributed by atoms with Crippen LogP contribution in [0.5, 0.6) is 0 Å². The van der Waals surface area contributed by atoms with Gasteiger partial charge >= 0.3 is 45.9 Å². The Balaban J connectivity index is 0. The second-order valence-corrected chi connectivity index (χ2v) is 10.3. The van der Waals surface area contributed by atoms with Crippen molar-refractivity contribution in [2.75, 3.05) is 0 Å². The SMILES string of the molecule is CC1=CC=CC(C)[N+]1=O.CC1=CC=CC(C)[N+]1=O.CC1=CC=CC(C)[N+]1=O.CC1=CC=CC(C)[N+]1=O.[Mn+2].[O-][Cl+](O)(O)O. The summed E-state index contributed by atoms with van der Waals surface area (Å²) in [6.07, 6.45) is 22.4. The molecule has 1 radical (unpaired) electrons. The van der Waals surface area contributed by atoms with Crippen LogP contribution in [0.3, 0.4) is 0 Å². The van der Waals surface area contributed by atoms with Crippen LogP contribution < -0.4 is 4.66 Å². The van der Waals surface area contributed by atoms with E-state index in [9.17, 15) is 19.6 Å². The molecule has 4 aliphatic rings. The molecule has 0 fully saturated rings. The first-order valence-electron chi connectivity index (χ1n) is 12.8. The number of halogens is 1. The molecular formula is C28H43ClMnN4O8+6. The van der Waals surface area contributed by atoms with Gasteiger partial charge in [0.15, 0.2) is 0 Å². The maximum absolute atomic E-state index is 10.9. The topological polar surface area (TPSA) is 164 Å². The first-order chi connectivity index (χ1) is 18.9. The summed E-state index contributed by atoms with van der Waals surface area (Å²) in [7, 11) is -4.19. The summed E-state index contributed by atoms with van der Waals surface area (Å²) in [6, 6.07) is 0.0370. The van der Waals surface area contributed by atoms with Gasteiger partial charge in [-0.2, -0.15) is 0 Å². The molecule has 0 saturated heterocycles. The molecule has 4 heterocycles. The Labute approximate surface area is 259 Å². The Hall–Kier alpha value is -3.03. The summed E-state index contributed by atoms with van der Waals surface area (Å²) in [5.41, 5.74) is 3.13. The molecule has 3 N–H and O–H groups in total. The van der Waals surface area contributed by atoms with Crippen LogP contribution in [-0.4, -0.2) is 57.2 Å². The van der Waals surface area contributed by atoms with Crippen molar-refractivity contribution in [1.29, 1.82) is 0 Å². The van der Waals surface area contributed by atoms with Crippen LogP contribution in [0, 0.1) is 29.9 Å². The quantitative estimate of drug-likeness (QED) is 0.263. The average Bonchev–Trinajstić information content (AvgIpc) is 2.88. The van der Waals surface area contributed by atoms with Crippen LogP contribution in [-0.2, 0) is 17.1 Å². The van der Waals surface area contributed by atoms with E-state index in [0.717, 1.165) is 41.8 Å². The van der Waals surface area contributed by atoms with Gasteiger partial charge in [0.05, 0.1) is 0 Å². The summed E-state index contributed by atoms with van der Waals surface area (Å²) < 4.78 is 34.2. The molecule has 4 unspecified atom stereocenters. The number of allylic oxidation sites excluding steroid dienone is 12. The van der Waals surface area contributed by atoms with E-state index in [1.165, 1.54) is 0 Å². The van der Waals surface area contributed by atoms with Gasteiger partial charge in [0.1, 0.15) is 0 Å². The molecule has 0 aromatic rings. The van der Waals surface area contributed by atoms with Crippen molar-refractivity contribution in [2.24, 2.45) is 0 Å². The van der Waals surface area contributed by atoms with E-state index in [0.29, 0.717) is 0 Å². The minimum absolute atomic E-state index is 0. The fourth-order valence-corrected chi connectivity index (χ4v) is 3.31. The van der Waals surface area contributed by atoms with Crippen molar-refractivity contribution in [2.45, 2.75) is 79.6 Å². The van der Waals surface area contributed by atoms with E-state index in [2.05, 4.69) is 0 Å². The molecule has 0 aromatic carbocycles. The second-order valence-electron chi connectivity index (χ2n) is 9.47. The molecule has 0 aromatic heterocycles. The van der Waals surface area contributed by atoms with E-state index in [4.69, 9.17) is 18.6 Å². The van der Waals surface area contributed by atoms with Crippen molar-refractivity contribution >= 4 is 0 Å². The van der Waals surface area contributed by atoms with Crippen molar-refractivity contribution < 1.29 is 65.0 Å². The number of hydrogen-bond donors (Lipinski definition) is 3. The zero-order valence-electron chi connectivity index (χ0n) is 25.2. The number of nitrogens with zero attached hydrogens (tertiary/aromatic N) is 4. The Bertz CT molecular complexity index is 1040. The third-order valence-electron chi connectivity index (χ3n) is 5.78. The van der Waals surface area contributed by atoms with E-state index < -0.39 is 10.2 Å². The van der Waals surface area contributed by atoms with Crippen LogP contribution in [0.2, 0.25) is 0 Å². The van der Waals surface area contributed by atoms with Crippen LogP contribution in [0.15, 0.2) is 95.7 Å². The van der Waals surface area contributed by atoms with Gasteiger partial charge in [-0.3, -0.25) is 0 Å². The summed E-state index contributed by atoms with van der Waals surface area (Å²) in [5.74, 6) is 0. The molecule has 14 heteroatoms.